The fraction of sp³-hybridized carbons (Fsp3) is 0.143. The van der Waals surface area contributed by atoms with Gasteiger partial charge in [0.2, 0.25) is 0 Å². The molecule has 0 amide bonds. The van der Waals surface area contributed by atoms with Gasteiger partial charge in [0.05, 0.1) is 5.52 Å². The quantitative estimate of drug-likeness (QED) is 0.615. The van der Waals surface area contributed by atoms with Crippen LogP contribution in [0, 0.1) is 6.92 Å². The number of Topliss-reactive ketones (excluding diaryl/α,β-unsaturated/α-hetero) is 1. The first-order valence-corrected chi connectivity index (χ1v) is 5.64. The van der Waals surface area contributed by atoms with Gasteiger partial charge in [-0.15, -0.1) is 0 Å². The highest BCUT2D eigenvalue weighted by molar-refractivity contribution is 5.96. The number of ketones is 1. The molecule has 3 aromatic heterocycles. The third kappa shape index (κ3) is 1.39. The van der Waals surface area contributed by atoms with Crippen molar-refractivity contribution in [1.29, 1.82) is 0 Å². The summed E-state index contributed by atoms with van der Waals surface area (Å²) in [4.78, 5) is 23.0. The van der Waals surface area contributed by atoms with Crippen LogP contribution < -0.4 is 5.63 Å². The van der Waals surface area contributed by atoms with E-state index in [9.17, 15) is 9.59 Å². The minimum absolute atomic E-state index is 0.0887. The van der Waals surface area contributed by atoms with E-state index < -0.39 is 5.63 Å². The number of carbonyl (C=O) groups is 1. The lowest BCUT2D eigenvalue weighted by molar-refractivity contribution is 0.101. The van der Waals surface area contributed by atoms with Crippen molar-refractivity contribution in [2.45, 2.75) is 13.8 Å². The van der Waals surface area contributed by atoms with E-state index in [0.717, 1.165) is 16.7 Å². The van der Waals surface area contributed by atoms with Gasteiger partial charge in [-0.2, -0.15) is 0 Å². The van der Waals surface area contributed by atoms with Crippen LogP contribution in [0.1, 0.15) is 23.0 Å². The number of fused-ring (bicyclic) bond motifs is 3. The van der Waals surface area contributed by atoms with Gasteiger partial charge in [-0.25, -0.2) is 4.79 Å². The second kappa shape index (κ2) is 3.57. The molecule has 0 aromatic carbocycles. The Bertz CT molecular complexity index is 839. The van der Waals surface area contributed by atoms with Gasteiger partial charge in [0, 0.05) is 17.3 Å². The SMILES string of the molecule is CC(=O)c1cc2c(cc3cccc(C)n32)oc1=O. The zero-order chi connectivity index (χ0) is 12.9. The van der Waals surface area contributed by atoms with Crippen LogP contribution in [0.5, 0.6) is 0 Å². The van der Waals surface area contributed by atoms with Gasteiger partial charge in [-0.05, 0) is 32.0 Å². The maximum atomic E-state index is 11.6. The number of rotatable bonds is 1. The first-order chi connectivity index (χ1) is 8.58. The highest BCUT2D eigenvalue weighted by atomic mass is 16.4. The van der Waals surface area contributed by atoms with Crippen LogP contribution >= 0.6 is 0 Å². The molecule has 0 fully saturated rings. The van der Waals surface area contributed by atoms with Crippen LogP contribution in [0.25, 0.3) is 16.6 Å². The maximum Gasteiger partial charge on any atom is 0.347 e. The molecule has 3 rings (SSSR count). The van der Waals surface area contributed by atoms with Crippen LogP contribution in [-0.2, 0) is 0 Å². The zero-order valence-electron chi connectivity index (χ0n) is 10.1. The maximum absolute atomic E-state index is 11.6. The molecule has 0 spiro atoms. The molecule has 0 N–H and O–H groups in total. The zero-order valence-corrected chi connectivity index (χ0v) is 10.1. The summed E-state index contributed by atoms with van der Waals surface area (Å²) in [6.07, 6.45) is 0. The Morgan fingerprint density at radius 3 is 2.78 bits per heavy atom. The number of pyridine rings is 1. The van der Waals surface area contributed by atoms with Crippen molar-refractivity contribution in [2.75, 3.05) is 0 Å². The van der Waals surface area contributed by atoms with E-state index >= 15 is 0 Å². The van der Waals surface area contributed by atoms with Gasteiger partial charge in [0.15, 0.2) is 11.4 Å². The van der Waals surface area contributed by atoms with Gasteiger partial charge < -0.3 is 8.82 Å². The van der Waals surface area contributed by atoms with Gasteiger partial charge in [-0.1, -0.05) is 6.07 Å². The Morgan fingerprint density at radius 1 is 1.28 bits per heavy atom. The average Bonchev–Trinajstić information content (AvgIpc) is 2.65. The third-order valence-corrected chi connectivity index (χ3v) is 3.07. The molecule has 0 aliphatic rings. The summed E-state index contributed by atoms with van der Waals surface area (Å²) in [6.45, 7) is 3.33. The molecule has 4 heteroatoms. The first kappa shape index (κ1) is 10.8. The Balaban J connectivity index is 2.55. The van der Waals surface area contributed by atoms with Crippen molar-refractivity contribution < 1.29 is 9.21 Å². The van der Waals surface area contributed by atoms with E-state index in [4.69, 9.17) is 4.42 Å². The topological polar surface area (TPSA) is 51.7 Å². The molecule has 4 nitrogen and oxygen atoms in total. The lowest BCUT2D eigenvalue weighted by Gasteiger charge is -2.01. The first-order valence-electron chi connectivity index (χ1n) is 5.64. The summed E-state index contributed by atoms with van der Waals surface area (Å²) in [6, 6.07) is 9.23. The smallest absolute Gasteiger partial charge is 0.347 e. The fourth-order valence-corrected chi connectivity index (χ4v) is 2.21. The second-order valence-electron chi connectivity index (χ2n) is 4.32. The molecule has 0 saturated heterocycles. The van der Waals surface area contributed by atoms with Crippen LogP contribution in [0.15, 0.2) is 39.5 Å². The van der Waals surface area contributed by atoms with E-state index in [1.165, 1.54) is 6.92 Å². The lowest BCUT2D eigenvalue weighted by atomic mass is 10.2. The van der Waals surface area contributed by atoms with Crippen LogP contribution in [0.2, 0.25) is 0 Å². The molecule has 0 unspecified atom stereocenters. The van der Waals surface area contributed by atoms with E-state index in [0.29, 0.717) is 5.58 Å². The highest BCUT2D eigenvalue weighted by Gasteiger charge is 2.13. The van der Waals surface area contributed by atoms with Crippen LogP contribution in [0.3, 0.4) is 0 Å². The van der Waals surface area contributed by atoms with E-state index in [-0.39, 0.29) is 11.3 Å². The molecule has 0 radical (unpaired) electrons. The molecule has 90 valence electrons. The van der Waals surface area contributed by atoms with Crippen molar-refractivity contribution in [3.05, 3.63) is 52.0 Å². The predicted molar refractivity (Wildman–Crippen MR) is 68.2 cm³/mol. The minimum atomic E-state index is -0.580. The van der Waals surface area contributed by atoms with Crippen molar-refractivity contribution in [1.82, 2.24) is 4.40 Å². The van der Waals surface area contributed by atoms with Gasteiger partial charge in [0.25, 0.3) is 0 Å². The highest BCUT2D eigenvalue weighted by Crippen LogP contribution is 2.21. The molecule has 3 heterocycles. The number of aryl methyl sites for hydroxylation is 1. The minimum Gasteiger partial charge on any atom is -0.421 e. The molecule has 0 aliphatic carbocycles. The Labute approximate surface area is 102 Å². The number of aromatic nitrogens is 1. The lowest BCUT2D eigenvalue weighted by Crippen LogP contribution is -2.11. The predicted octanol–water partition coefficient (Wildman–Crippen LogP) is 2.56. The second-order valence-corrected chi connectivity index (χ2v) is 4.32. The standard InChI is InChI=1S/C14H11NO3/c1-8-4-3-5-10-6-13-12(15(8)10)7-11(9(2)16)14(17)18-13/h3-7H,1-2H3. The Kier molecular flexibility index (Phi) is 2.13. The molecule has 3 aromatic rings. The summed E-state index contributed by atoms with van der Waals surface area (Å²) in [7, 11) is 0. The number of carbonyl (C=O) groups excluding carboxylic acids is 1. The largest absolute Gasteiger partial charge is 0.421 e. The molecule has 0 saturated carbocycles. The molecular weight excluding hydrogens is 230 g/mol. The number of nitrogens with zero attached hydrogens (tertiary/aromatic N) is 1. The van der Waals surface area contributed by atoms with E-state index in [1.54, 1.807) is 12.1 Å². The van der Waals surface area contributed by atoms with E-state index in [1.807, 2.05) is 29.5 Å². The summed E-state index contributed by atoms with van der Waals surface area (Å²) < 4.78 is 7.16. The van der Waals surface area contributed by atoms with Gasteiger partial charge in [-0.3, -0.25) is 4.79 Å². The van der Waals surface area contributed by atoms with Crippen LogP contribution in [-0.4, -0.2) is 10.2 Å². The Hall–Kier alpha value is -2.36. The number of hydrogen-bond donors (Lipinski definition) is 0. The monoisotopic (exact) mass is 241 g/mol. The number of hydrogen-bond acceptors (Lipinski definition) is 3. The summed E-state index contributed by atoms with van der Waals surface area (Å²) in [5.41, 5.74) is 2.71. The fourth-order valence-electron chi connectivity index (χ4n) is 2.21. The molecule has 18 heavy (non-hydrogen) atoms. The molecule has 0 aliphatic heterocycles. The molecule has 0 bridgehead atoms. The third-order valence-electron chi connectivity index (χ3n) is 3.07. The Morgan fingerprint density at radius 2 is 2.06 bits per heavy atom. The van der Waals surface area contributed by atoms with Crippen molar-refractivity contribution >= 4 is 22.4 Å². The average molecular weight is 241 g/mol. The summed E-state index contributed by atoms with van der Waals surface area (Å²) >= 11 is 0. The molecular formula is C14H11NO3. The van der Waals surface area contributed by atoms with Crippen molar-refractivity contribution in [3.63, 3.8) is 0 Å². The normalized spacial score (nSPS) is 11.2. The summed E-state index contributed by atoms with van der Waals surface area (Å²) in [5.74, 6) is -0.283. The van der Waals surface area contributed by atoms with Crippen LogP contribution in [0.4, 0.5) is 0 Å². The van der Waals surface area contributed by atoms with Crippen molar-refractivity contribution in [2.24, 2.45) is 0 Å². The van der Waals surface area contributed by atoms with Gasteiger partial charge in [0.1, 0.15) is 5.56 Å². The summed E-state index contributed by atoms with van der Waals surface area (Å²) in [5, 5.41) is 0. The van der Waals surface area contributed by atoms with E-state index in [2.05, 4.69) is 0 Å². The molecule has 0 atom stereocenters. The van der Waals surface area contributed by atoms with Crippen molar-refractivity contribution in [3.8, 4) is 0 Å². The van der Waals surface area contributed by atoms with Gasteiger partial charge >= 0.3 is 5.63 Å².